The number of hydrogen-bond donors (Lipinski definition) is 1. The standard InChI is InChI=1S/C15H19N3O2/c1-4-18(10-14(19)17(2)3)15(20)12-9-16-13-8-6-5-7-11(12)13/h5-9,16H,4,10H2,1-3H3. The lowest BCUT2D eigenvalue weighted by atomic mass is 10.1. The Balaban J connectivity index is 2.26. The number of aromatic nitrogens is 1. The zero-order valence-corrected chi connectivity index (χ0v) is 12.0. The number of nitrogens with zero attached hydrogens (tertiary/aromatic N) is 2. The Labute approximate surface area is 118 Å². The average molecular weight is 273 g/mol. The number of H-pyrrole nitrogens is 1. The smallest absolute Gasteiger partial charge is 0.256 e. The van der Waals surface area contributed by atoms with Crippen molar-refractivity contribution in [2.24, 2.45) is 0 Å². The minimum atomic E-state index is -0.125. The van der Waals surface area contributed by atoms with Gasteiger partial charge in [0, 0.05) is 37.7 Å². The molecule has 0 fully saturated rings. The number of likely N-dealkylation sites (N-methyl/N-ethyl adjacent to an activating group) is 2. The third kappa shape index (κ3) is 2.66. The number of hydrogen-bond acceptors (Lipinski definition) is 2. The summed E-state index contributed by atoms with van der Waals surface area (Å²) in [6.07, 6.45) is 1.70. The van der Waals surface area contributed by atoms with Gasteiger partial charge in [-0.05, 0) is 13.0 Å². The van der Waals surface area contributed by atoms with E-state index in [1.54, 1.807) is 25.2 Å². The second-order valence-electron chi connectivity index (χ2n) is 4.86. The first-order chi connectivity index (χ1) is 9.54. The summed E-state index contributed by atoms with van der Waals surface area (Å²) in [5, 5.41) is 0.883. The van der Waals surface area contributed by atoms with Crippen LogP contribution < -0.4 is 0 Å². The first kappa shape index (κ1) is 14.1. The largest absolute Gasteiger partial charge is 0.360 e. The summed E-state index contributed by atoms with van der Waals surface area (Å²) in [5.41, 5.74) is 1.53. The molecule has 1 aromatic carbocycles. The highest BCUT2D eigenvalue weighted by Gasteiger charge is 2.20. The summed E-state index contributed by atoms with van der Waals surface area (Å²) < 4.78 is 0. The van der Waals surface area contributed by atoms with Crippen LogP contribution in [0.4, 0.5) is 0 Å². The van der Waals surface area contributed by atoms with Crippen molar-refractivity contribution in [3.63, 3.8) is 0 Å². The van der Waals surface area contributed by atoms with E-state index >= 15 is 0 Å². The van der Waals surface area contributed by atoms with Crippen LogP contribution >= 0.6 is 0 Å². The Kier molecular flexibility index (Phi) is 4.08. The lowest BCUT2D eigenvalue weighted by Gasteiger charge is -2.22. The zero-order valence-electron chi connectivity index (χ0n) is 12.0. The second-order valence-corrected chi connectivity index (χ2v) is 4.86. The minimum Gasteiger partial charge on any atom is -0.360 e. The predicted molar refractivity (Wildman–Crippen MR) is 78.6 cm³/mol. The summed E-state index contributed by atoms with van der Waals surface area (Å²) in [6, 6.07) is 7.64. The van der Waals surface area contributed by atoms with E-state index in [1.807, 2.05) is 31.2 Å². The van der Waals surface area contributed by atoms with Gasteiger partial charge in [0.1, 0.15) is 0 Å². The fourth-order valence-electron chi connectivity index (χ4n) is 2.05. The van der Waals surface area contributed by atoms with Crippen LogP contribution in [0.3, 0.4) is 0 Å². The van der Waals surface area contributed by atoms with E-state index in [2.05, 4.69) is 4.98 Å². The first-order valence-electron chi connectivity index (χ1n) is 6.60. The molecule has 0 saturated carbocycles. The Hall–Kier alpha value is -2.30. The highest BCUT2D eigenvalue weighted by Crippen LogP contribution is 2.19. The Bertz CT molecular complexity index is 631. The zero-order chi connectivity index (χ0) is 14.7. The molecule has 1 N–H and O–H groups in total. The van der Waals surface area contributed by atoms with Crippen molar-refractivity contribution in [3.8, 4) is 0 Å². The SMILES string of the molecule is CCN(CC(=O)N(C)C)C(=O)c1c[nH]c2ccccc12. The van der Waals surface area contributed by atoms with E-state index in [0.29, 0.717) is 12.1 Å². The summed E-state index contributed by atoms with van der Waals surface area (Å²) in [6.45, 7) is 2.47. The van der Waals surface area contributed by atoms with Gasteiger partial charge in [-0.3, -0.25) is 9.59 Å². The van der Waals surface area contributed by atoms with Crippen LogP contribution in [0.1, 0.15) is 17.3 Å². The third-order valence-electron chi connectivity index (χ3n) is 3.31. The van der Waals surface area contributed by atoms with Crippen molar-refractivity contribution in [2.75, 3.05) is 27.2 Å². The Morgan fingerprint density at radius 3 is 2.55 bits per heavy atom. The molecule has 0 radical (unpaired) electrons. The summed E-state index contributed by atoms with van der Waals surface area (Å²) in [7, 11) is 3.37. The number of rotatable bonds is 4. The number of nitrogens with one attached hydrogen (secondary N) is 1. The second kappa shape index (κ2) is 5.77. The van der Waals surface area contributed by atoms with Gasteiger partial charge in [0.25, 0.3) is 5.91 Å². The molecule has 0 unspecified atom stereocenters. The maximum absolute atomic E-state index is 12.5. The van der Waals surface area contributed by atoms with Gasteiger partial charge in [-0.15, -0.1) is 0 Å². The molecule has 5 heteroatoms. The molecule has 2 aromatic rings. The quantitative estimate of drug-likeness (QED) is 0.922. The van der Waals surface area contributed by atoms with Crippen LogP contribution in [0, 0.1) is 0 Å². The van der Waals surface area contributed by atoms with Gasteiger partial charge in [0.2, 0.25) is 5.91 Å². The number of carbonyl (C=O) groups excluding carboxylic acids is 2. The normalized spacial score (nSPS) is 10.6. The number of benzene rings is 1. The Morgan fingerprint density at radius 2 is 1.90 bits per heavy atom. The van der Waals surface area contributed by atoms with Crippen LogP contribution in [-0.4, -0.2) is 53.8 Å². The highest BCUT2D eigenvalue weighted by molar-refractivity contribution is 6.07. The molecule has 5 nitrogen and oxygen atoms in total. The van der Waals surface area contributed by atoms with Crippen LogP contribution in [0.5, 0.6) is 0 Å². The van der Waals surface area contributed by atoms with Gasteiger partial charge in [-0.2, -0.15) is 0 Å². The molecule has 1 aromatic heterocycles. The molecule has 20 heavy (non-hydrogen) atoms. The van der Waals surface area contributed by atoms with Crippen molar-refractivity contribution in [2.45, 2.75) is 6.92 Å². The van der Waals surface area contributed by atoms with Gasteiger partial charge in [-0.1, -0.05) is 18.2 Å². The molecule has 106 valence electrons. The molecular weight excluding hydrogens is 254 g/mol. The molecule has 1 heterocycles. The lowest BCUT2D eigenvalue weighted by Crippen LogP contribution is -2.40. The van der Waals surface area contributed by atoms with Crippen LogP contribution in [-0.2, 0) is 4.79 Å². The minimum absolute atomic E-state index is 0.0833. The monoisotopic (exact) mass is 273 g/mol. The van der Waals surface area contributed by atoms with E-state index in [-0.39, 0.29) is 18.4 Å². The van der Waals surface area contributed by atoms with Crippen LogP contribution in [0.25, 0.3) is 10.9 Å². The van der Waals surface area contributed by atoms with Crippen molar-refractivity contribution < 1.29 is 9.59 Å². The third-order valence-corrected chi connectivity index (χ3v) is 3.31. The molecule has 0 aliphatic carbocycles. The maximum atomic E-state index is 12.5. The Morgan fingerprint density at radius 1 is 1.20 bits per heavy atom. The molecule has 2 rings (SSSR count). The van der Waals surface area contributed by atoms with Gasteiger partial charge >= 0.3 is 0 Å². The molecule has 2 amide bonds. The molecule has 0 bridgehead atoms. The molecule has 0 aliphatic heterocycles. The summed E-state index contributed by atoms with van der Waals surface area (Å²) in [5.74, 6) is -0.208. The topological polar surface area (TPSA) is 56.4 Å². The average Bonchev–Trinajstić information content (AvgIpc) is 2.87. The molecule has 0 spiro atoms. The summed E-state index contributed by atoms with van der Waals surface area (Å²) in [4.78, 5) is 30.4. The van der Waals surface area contributed by atoms with E-state index in [9.17, 15) is 9.59 Å². The van der Waals surface area contributed by atoms with E-state index in [0.717, 1.165) is 10.9 Å². The number of para-hydroxylation sites is 1. The molecular formula is C15H19N3O2. The van der Waals surface area contributed by atoms with Gasteiger partial charge < -0.3 is 14.8 Å². The molecule has 0 atom stereocenters. The molecule has 0 aliphatic rings. The number of amides is 2. The summed E-state index contributed by atoms with van der Waals surface area (Å²) >= 11 is 0. The van der Waals surface area contributed by atoms with Crippen molar-refractivity contribution >= 4 is 22.7 Å². The molecule has 0 saturated heterocycles. The lowest BCUT2D eigenvalue weighted by molar-refractivity contribution is -0.129. The van der Waals surface area contributed by atoms with E-state index in [1.165, 1.54) is 4.90 Å². The van der Waals surface area contributed by atoms with Gasteiger partial charge in [0.05, 0.1) is 12.1 Å². The number of aromatic amines is 1. The van der Waals surface area contributed by atoms with Crippen molar-refractivity contribution in [1.29, 1.82) is 0 Å². The van der Waals surface area contributed by atoms with E-state index < -0.39 is 0 Å². The fourth-order valence-corrected chi connectivity index (χ4v) is 2.05. The number of carbonyl (C=O) groups is 2. The van der Waals surface area contributed by atoms with Gasteiger partial charge in [-0.25, -0.2) is 0 Å². The van der Waals surface area contributed by atoms with Crippen molar-refractivity contribution in [3.05, 3.63) is 36.0 Å². The number of fused-ring (bicyclic) bond motifs is 1. The first-order valence-corrected chi connectivity index (χ1v) is 6.60. The highest BCUT2D eigenvalue weighted by atomic mass is 16.2. The fraction of sp³-hybridized carbons (Fsp3) is 0.333. The van der Waals surface area contributed by atoms with Crippen molar-refractivity contribution in [1.82, 2.24) is 14.8 Å². The van der Waals surface area contributed by atoms with Crippen LogP contribution in [0.15, 0.2) is 30.5 Å². The predicted octanol–water partition coefficient (Wildman–Crippen LogP) is 1.72. The van der Waals surface area contributed by atoms with Gasteiger partial charge in [0.15, 0.2) is 0 Å². The van der Waals surface area contributed by atoms with E-state index in [4.69, 9.17) is 0 Å². The van der Waals surface area contributed by atoms with Crippen LogP contribution in [0.2, 0.25) is 0 Å². The maximum Gasteiger partial charge on any atom is 0.256 e.